The van der Waals surface area contributed by atoms with Crippen molar-refractivity contribution < 1.29 is 27.6 Å². The van der Waals surface area contributed by atoms with Gasteiger partial charge >= 0.3 is 6.18 Å². The maximum atomic E-state index is 12.7. The highest BCUT2D eigenvalue weighted by atomic mass is 32.1. The average molecular weight is 412 g/mol. The minimum Gasteiger partial charge on any atom is -0.454 e. The van der Waals surface area contributed by atoms with Crippen LogP contribution in [-0.2, 0) is 6.18 Å². The van der Waals surface area contributed by atoms with Crippen molar-refractivity contribution in [2.45, 2.75) is 6.18 Å². The molecule has 12 heteroatoms. The van der Waals surface area contributed by atoms with E-state index in [4.69, 9.17) is 21.7 Å². The van der Waals surface area contributed by atoms with Crippen LogP contribution >= 0.6 is 12.2 Å². The summed E-state index contributed by atoms with van der Waals surface area (Å²) in [6, 6.07) is 7.04. The first-order chi connectivity index (χ1) is 13.2. The van der Waals surface area contributed by atoms with Crippen LogP contribution in [0.2, 0.25) is 0 Å². The predicted molar refractivity (Wildman–Crippen MR) is 97.6 cm³/mol. The van der Waals surface area contributed by atoms with Crippen LogP contribution in [0.1, 0.15) is 11.1 Å². The molecule has 28 heavy (non-hydrogen) atoms. The smallest absolute Gasteiger partial charge is 0.416 e. The number of anilines is 1. The van der Waals surface area contributed by atoms with Gasteiger partial charge in [0.2, 0.25) is 6.79 Å². The van der Waals surface area contributed by atoms with E-state index in [1.165, 1.54) is 24.3 Å². The molecule has 8 nitrogen and oxygen atoms in total. The van der Waals surface area contributed by atoms with E-state index in [1.54, 1.807) is 0 Å². The predicted octanol–water partition coefficient (Wildman–Crippen LogP) is 3.66. The maximum absolute atomic E-state index is 12.7. The molecule has 0 unspecified atom stereocenters. The molecule has 1 aliphatic rings. The molecule has 0 saturated heterocycles. The van der Waals surface area contributed by atoms with Crippen LogP contribution in [0, 0.1) is 10.1 Å². The van der Waals surface area contributed by atoms with Crippen molar-refractivity contribution in [3.8, 4) is 11.5 Å². The standard InChI is InChI=1S/C16H11F3N4O4S/c17-16(18,19)10-2-1-3-11(5-10)21-15(28)22-20-7-9-4-13-14(27-8-26-13)6-12(9)23(24)25/h1-7H,8H2,(H2,21,22,28)/b20-7+. The van der Waals surface area contributed by atoms with Gasteiger partial charge in [0.25, 0.3) is 5.69 Å². The Balaban J connectivity index is 1.68. The van der Waals surface area contributed by atoms with Crippen molar-refractivity contribution in [2.24, 2.45) is 5.10 Å². The summed E-state index contributed by atoms with van der Waals surface area (Å²) in [5.41, 5.74) is 1.53. The summed E-state index contributed by atoms with van der Waals surface area (Å²) < 4.78 is 48.4. The fourth-order valence-electron chi connectivity index (χ4n) is 2.30. The normalized spacial score (nSPS) is 12.8. The maximum Gasteiger partial charge on any atom is 0.416 e. The molecule has 0 fully saturated rings. The number of nitro benzene ring substituents is 1. The number of ether oxygens (including phenoxy) is 2. The van der Waals surface area contributed by atoms with E-state index >= 15 is 0 Å². The zero-order chi connectivity index (χ0) is 20.3. The molecule has 0 bridgehead atoms. The van der Waals surface area contributed by atoms with E-state index in [9.17, 15) is 23.3 Å². The number of rotatable bonds is 4. The third-order valence-corrected chi connectivity index (χ3v) is 3.73. The molecule has 2 aromatic carbocycles. The minimum absolute atomic E-state index is 0.0453. The highest BCUT2D eigenvalue weighted by molar-refractivity contribution is 7.80. The minimum atomic E-state index is -4.48. The van der Waals surface area contributed by atoms with Crippen LogP contribution in [0.25, 0.3) is 0 Å². The van der Waals surface area contributed by atoms with E-state index < -0.39 is 16.7 Å². The van der Waals surface area contributed by atoms with E-state index in [0.29, 0.717) is 5.75 Å². The van der Waals surface area contributed by atoms with Crippen molar-refractivity contribution in [2.75, 3.05) is 12.1 Å². The largest absolute Gasteiger partial charge is 0.454 e. The van der Waals surface area contributed by atoms with Crippen molar-refractivity contribution in [3.63, 3.8) is 0 Å². The topological polar surface area (TPSA) is 98.0 Å². The number of hydrogen-bond donors (Lipinski definition) is 2. The van der Waals surface area contributed by atoms with Gasteiger partial charge in [-0.15, -0.1) is 0 Å². The number of alkyl halides is 3. The zero-order valence-electron chi connectivity index (χ0n) is 13.8. The number of nitro groups is 1. The zero-order valence-corrected chi connectivity index (χ0v) is 14.6. The summed E-state index contributed by atoms with van der Waals surface area (Å²) in [4.78, 5) is 10.6. The molecule has 0 aromatic heterocycles. The first-order valence-corrected chi connectivity index (χ1v) is 8.00. The van der Waals surface area contributed by atoms with Crippen LogP contribution in [0.15, 0.2) is 41.5 Å². The molecule has 0 atom stereocenters. The Labute approximate surface area is 161 Å². The molecule has 0 saturated carbocycles. The molecule has 1 heterocycles. The van der Waals surface area contributed by atoms with E-state index in [1.807, 2.05) is 0 Å². The number of fused-ring (bicyclic) bond motifs is 1. The number of halogens is 3. The molecule has 0 amide bonds. The average Bonchev–Trinajstić information content (AvgIpc) is 3.07. The lowest BCUT2D eigenvalue weighted by molar-refractivity contribution is -0.385. The SMILES string of the molecule is O=[N+]([O-])c1cc2c(cc1/C=N/NC(=S)Nc1cccc(C(F)(F)F)c1)OCO2. The van der Waals surface area contributed by atoms with Gasteiger partial charge in [-0.1, -0.05) is 6.07 Å². The molecule has 146 valence electrons. The van der Waals surface area contributed by atoms with Crippen LogP contribution < -0.4 is 20.2 Å². The highest BCUT2D eigenvalue weighted by Crippen LogP contribution is 2.37. The molecule has 1 aliphatic heterocycles. The van der Waals surface area contributed by atoms with E-state index in [2.05, 4.69) is 15.8 Å². The molecule has 2 aromatic rings. The Bertz CT molecular complexity index is 965. The molecule has 0 aliphatic carbocycles. The third kappa shape index (κ3) is 4.46. The Morgan fingerprint density at radius 3 is 2.64 bits per heavy atom. The number of hydrogen-bond acceptors (Lipinski definition) is 6. The van der Waals surface area contributed by atoms with E-state index in [0.717, 1.165) is 18.3 Å². The van der Waals surface area contributed by atoms with Crippen LogP contribution in [0.3, 0.4) is 0 Å². The lowest BCUT2D eigenvalue weighted by Gasteiger charge is -2.10. The van der Waals surface area contributed by atoms with Gasteiger partial charge in [0.15, 0.2) is 16.6 Å². The summed E-state index contributed by atoms with van der Waals surface area (Å²) in [5, 5.41) is 17.4. The fraction of sp³-hybridized carbons (Fsp3) is 0.125. The Hall–Kier alpha value is -3.41. The van der Waals surface area contributed by atoms with Gasteiger partial charge in [-0.3, -0.25) is 15.5 Å². The summed E-state index contributed by atoms with van der Waals surface area (Å²) in [6.07, 6.45) is -3.34. The summed E-state index contributed by atoms with van der Waals surface area (Å²) >= 11 is 4.96. The Morgan fingerprint density at radius 1 is 1.25 bits per heavy atom. The van der Waals surface area contributed by atoms with Gasteiger partial charge in [0, 0.05) is 5.69 Å². The van der Waals surface area contributed by atoms with Gasteiger partial charge in [0.05, 0.1) is 28.3 Å². The fourth-order valence-corrected chi connectivity index (χ4v) is 2.47. The van der Waals surface area contributed by atoms with Crippen LogP contribution in [0.5, 0.6) is 11.5 Å². The van der Waals surface area contributed by atoms with Gasteiger partial charge < -0.3 is 14.8 Å². The van der Waals surface area contributed by atoms with Crippen molar-refractivity contribution in [1.82, 2.24) is 5.43 Å². The Kier molecular flexibility index (Phi) is 5.31. The number of hydrazone groups is 1. The lowest BCUT2D eigenvalue weighted by Crippen LogP contribution is -2.24. The first-order valence-electron chi connectivity index (χ1n) is 7.59. The monoisotopic (exact) mass is 412 g/mol. The van der Waals surface area contributed by atoms with Gasteiger partial charge in [-0.2, -0.15) is 18.3 Å². The van der Waals surface area contributed by atoms with Crippen LogP contribution in [0.4, 0.5) is 24.5 Å². The number of benzene rings is 2. The Morgan fingerprint density at radius 2 is 1.96 bits per heavy atom. The molecular weight excluding hydrogens is 401 g/mol. The second-order valence-electron chi connectivity index (χ2n) is 5.42. The molecule has 2 N–H and O–H groups in total. The molecule has 0 radical (unpaired) electrons. The highest BCUT2D eigenvalue weighted by Gasteiger charge is 2.30. The number of nitrogens with one attached hydrogen (secondary N) is 2. The molecule has 3 rings (SSSR count). The van der Waals surface area contributed by atoms with Crippen LogP contribution in [-0.4, -0.2) is 23.0 Å². The molecule has 0 spiro atoms. The quantitative estimate of drug-likeness (QED) is 0.342. The van der Waals surface area contributed by atoms with E-state index in [-0.39, 0.29) is 34.6 Å². The second kappa shape index (κ2) is 7.68. The number of thiocarbonyl (C=S) groups is 1. The summed E-state index contributed by atoms with van der Waals surface area (Å²) in [7, 11) is 0. The van der Waals surface area contributed by atoms with Gasteiger partial charge in [0.1, 0.15) is 0 Å². The van der Waals surface area contributed by atoms with Crippen molar-refractivity contribution in [3.05, 3.63) is 57.6 Å². The summed E-state index contributed by atoms with van der Waals surface area (Å²) in [5.74, 6) is 0.579. The summed E-state index contributed by atoms with van der Waals surface area (Å²) in [6.45, 7) is -0.0453. The first kappa shape index (κ1) is 19.4. The van der Waals surface area contributed by atoms with Gasteiger partial charge in [-0.25, -0.2) is 0 Å². The number of nitrogens with zero attached hydrogens (tertiary/aromatic N) is 2. The van der Waals surface area contributed by atoms with Gasteiger partial charge in [-0.05, 0) is 36.5 Å². The van der Waals surface area contributed by atoms with Crippen molar-refractivity contribution in [1.29, 1.82) is 0 Å². The third-order valence-electron chi connectivity index (χ3n) is 3.54. The molecular formula is C16H11F3N4O4S. The van der Waals surface area contributed by atoms with Crippen molar-refractivity contribution >= 4 is 34.9 Å². The second-order valence-corrected chi connectivity index (χ2v) is 5.83. The lowest BCUT2D eigenvalue weighted by atomic mass is 10.1.